The monoisotopic (exact) mass is 372 g/mol. The van der Waals surface area contributed by atoms with Crippen LogP contribution in [0, 0.1) is 0 Å². The van der Waals surface area contributed by atoms with Gasteiger partial charge in [0.25, 0.3) is 0 Å². The molecular weight excluding hydrogens is 357 g/mol. The van der Waals surface area contributed by atoms with Crippen LogP contribution in [-0.4, -0.2) is 221 Å². The number of carbonyl (C=O) groups is 3. The van der Waals surface area contributed by atoms with Gasteiger partial charge in [0.1, 0.15) is 0 Å². The summed E-state index contributed by atoms with van der Waals surface area (Å²) in [6, 6.07) is 0. The molecule has 7 nitrogen and oxygen atoms in total. The van der Waals surface area contributed by atoms with E-state index in [1.165, 1.54) is 0 Å². The Labute approximate surface area is 255 Å². The first-order chi connectivity index (χ1) is 5.78. The Morgan fingerprint density at radius 2 is 0.900 bits per heavy atom. The van der Waals surface area contributed by atoms with Crippen molar-refractivity contribution in [2.45, 2.75) is 18.4 Å². The van der Waals surface area contributed by atoms with Crippen molar-refractivity contribution in [2.75, 3.05) is 0 Å². The minimum absolute atomic E-state index is 0. The molecule has 0 bridgehead atoms. The Kier molecular flexibility index (Phi) is 64.4. The molecule has 0 aromatic heterocycles. The fraction of sp³-hybridized carbons (Fsp3) is 0.500. The average molecular weight is 373 g/mol. The summed E-state index contributed by atoms with van der Waals surface area (Å²) in [6.07, 6.45) is -2.29. The van der Waals surface area contributed by atoms with Gasteiger partial charge in [0.2, 0.25) is 0 Å². The van der Waals surface area contributed by atoms with Gasteiger partial charge in [-0.1, -0.05) is 0 Å². The fourth-order valence-corrected chi connectivity index (χ4v) is 0.714. The van der Waals surface area contributed by atoms with Crippen LogP contribution < -0.4 is 0 Å². The van der Waals surface area contributed by atoms with E-state index < -0.39 is 36.4 Å². The number of aliphatic hydroxyl groups is 1. The molecule has 0 amide bonds. The normalized spacial score (nSPS) is 7.05. The Bertz CT molecular complexity index is 250. The third-order valence-electron chi connectivity index (χ3n) is 1.29. The van der Waals surface area contributed by atoms with Gasteiger partial charge in [-0.2, -0.15) is 0 Å². The first kappa shape index (κ1) is 49.7. The van der Waals surface area contributed by atoms with Crippen LogP contribution in [0.25, 0.3) is 0 Å². The second-order valence-corrected chi connectivity index (χ2v) is 2.48. The fourth-order valence-electron chi connectivity index (χ4n) is 0.714. The summed E-state index contributed by atoms with van der Waals surface area (Å²) in [4.78, 5) is 30.5. The molecule has 0 aliphatic carbocycles. The third-order valence-corrected chi connectivity index (χ3v) is 1.29. The van der Waals surface area contributed by atoms with E-state index in [9.17, 15) is 14.4 Å². The van der Waals surface area contributed by atoms with Crippen molar-refractivity contribution in [3.8, 4) is 0 Å². The number of carboxylic acid groups (broad SMARTS) is 3. The van der Waals surface area contributed by atoms with Crippen molar-refractivity contribution in [2.24, 2.45) is 0 Å². The van der Waals surface area contributed by atoms with Gasteiger partial charge in [0.15, 0.2) is 5.60 Å². The van der Waals surface area contributed by atoms with E-state index in [0.717, 1.165) is 0 Å². The molecule has 14 heteroatoms. The van der Waals surface area contributed by atoms with E-state index in [1.54, 1.807) is 0 Å². The predicted molar refractivity (Wildman–Crippen MR) is 87.2 cm³/mol. The van der Waals surface area contributed by atoms with Crippen molar-refractivity contribution in [1.29, 1.82) is 0 Å². The molecule has 0 saturated carbocycles. The summed E-state index contributed by atoms with van der Waals surface area (Å²) in [5, 5.41) is 33.8. The second-order valence-electron chi connectivity index (χ2n) is 2.48. The summed E-state index contributed by atoms with van der Waals surface area (Å²) >= 11 is 0. The quantitative estimate of drug-likeness (QED) is 0.356. The number of hydrogen-bond acceptors (Lipinski definition) is 4. The predicted octanol–water partition coefficient (Wildman–Crippen LogP) is -4.72. The average Bonchev–Trinajstić information content (AvgIpc) is 1.82. The maximum atomic E-state index is 10.3. The number of hydrogen-bond donors (Lipinski definition) is 4. The van der Waals surface area contributed by atoms with Crippen LogP contribution in [-0.2, 0) is 14.4 Å². The molecule has 0 aromatic carbocycles. The number of halogens is 1. The van der Waals surface area contributed by atoms with Crippen LogP contribution >= 0.6 is 12.4 Å². The zero-order valence-electron chi connectivity index (χ0n) is 6.84. The molecule has 0 spiro atoms. The SMILES string of the molecule is Cl.O=C(O)CC(O)(CC(=O)O)C(=O)O.[NaH].[NaH].[NaH].[NaH].[NaH].[NaH]. The molecular formula is C6H15ClNa6O7. The van der Waals surface area contributed by atoms with Gasteiger partial charge in [0, 0.05) is 0 Å². The maximum absolute atomic E-state index is 10.3. The molecule has 94 valence electrons. The Balaban J connectivity index is -0.0000000343. The zero-order chi connectivity index (χ0) is 10.6. The summed E-state index contributed by atoms with van der Waals surface area (Å²) in [5.41, 5.74) is -2.74. The van der Waals surface area contributed by atoms with E-state index >= 15 is 0 Å². The summed E-state index contributed by atoms with van der Waals surface area (Å²) in [6.45, 7) is 0. The summed E-state index contributed by atoms with van der Waals surface area (Å²) < 4.78 is 0. The van der Waals surface area contributed by atoms with Crippen molar-refractivity contribution in [3.63, 3.8) is 0 Å². The van der Waals surface area contributed by atoms with Crippen LogP contribution in [0.4, 0.5) is 0 Å². The topological polar surface area (TPSA) is 132 Å². The molecule has 0 heterocycles. The van der Waals surface area contributed by atoms with Gasteiger partial charge in [-0.3, -0.25) is 9.59 Å². The van der Waals surface area contributed by atoms with Crippen molar-refractivity contribution in [1.82, 2.24) is 0 Å². The van der Waals surface area contributed by atoms with Gasteiger partial charge in [-0.25, -0.2) is 4.79 Å². The van der Waals surface area contributed by atoms with E-state index in [4.69, 9.17) is 20.4 Å². The molecule has 0 fully saturated rings. The molecule has 0 aromatic rings. The molecule has 0 rings (SSSR count). The Morgan fingerprint density at radius 1 is 0.700 bits per heavy atom. The van der Waals surface area contributed by atoms with E-state index in [0.29, 0.717) is 0 Å². The van der Waals surface area contributed by atoms with Crippen LogP contribution in [0.15, 0.2) is 0 Å². The summed E-state index contributed by atoms with van der Waals surface area (Å²) in [7, 11) is 0. The van der Waals surface area contributed by atoms with Crippen LogP contribution in [0.3, 0.4) is 0 Å². The number of carboxylic acids is 3. The number of rotatable bonds is 5. The van der Waals surface area contributed by atoms with E-state index in [-0.39, 0.29) is 190 Å². The van der Waals surface area contributed by atoms with Crippen molar-refractivity contribution in [3.05, 3.63) is 0 Å². The van der Waals surface area contributed by atoms with Crippen molar-refractivity contribution >= 4 is 208 Å². The van der Waals surface area contributed by atoms with Crippen molar-refractivity contribution < 1.29 is 34.8 Å². The Hall–Kier alpha value is 4.66. The van der Waals surface area contributed by atoms with Crippen LogP contribution in [0.1, 0.15) is 12.8 Å². The molecule has 0 unspecified atom stereocenters. The molecule has 0 aliphatic rings. The first-order valence-corrected chi connectivity index (χ1v) is 3.17. The standard InChI is InChI=1S/C6H8O7.ClH.6Na.6H/c7-3(8)1-6(13,5(11)12)2-4(9)10;;;;;;;;;;;;;/h13H,1-2H2,(H,7,8)(H,9,10)(H,11,12);1H;;;;;;;;;;;;. The molecule has 0 saturated heterocycles. The minimum atomic E-state index is -2.74. The van der Waals surface area contributed by atoms with Gasteiger partial charge < -0.3 is 20.4 Å². The van der Waals surface area contributed by atoms with E-state index in [2.05, 4.69) is 0 Å². The van der Waals surface area contributed by atoms with Gasteiger partial charge >= 0.3 is 195 Å². The first-order valence-electron chi connectivity index (χ1n) is 3.17. The second kappa shape index (κ2) is 25.9. The molecule has 0 aliphatic heterocycles. The zero-order valence-corrected chi connectivity index (χ0v) is 7.65. The summed E-state index contributed by atoms with van der Waals surface area (Å²) in [5.74, 6) is -5.02. The Morgan fingerprint density at radius 3 is 1.00 bits per heavy atom. The van der Waals surface area contributed by atoms with Gasteiger partial charge in [-0.05, 0) is 0 Å². The molecule has 0 atom stereocenters. The van der Waals surface area contributed by atoms with Crippen LogP contribution in [0.2, 0.25) is 0 Å². The van der Waals surface area contributed by atoms with Gasteiger partial charge in [0.05, 0.1) is 12.8 Å². The van der Waals surface area contributed by atoms with Gasteiger partial charge in [-0.15, -0.1) is 12.4 Å². The molecule has 20 heavy (non-hydrogen) atoms. The number of aliphatic carboxylic acids is 3. The third kappa shape index (κ3) is 24.9. The molecule has 4 N–H and O–H groups in total. The van der Waals surface area contributed by atoms with Crippen LogP contribution in [0.5, 0.6) is 0 Å². The molecule has 0 radical (unpaired) electrons. The van der Waals surface area contributed by atoms with E-state index in [1.807, 2.05) is 0 Å².